The molecule has 3 rings (SSSR count). The molecule has 0 fully saturated rings. The topological polar surface area (TPSA) is 12.0 Å². The number of hydrogen-bond acceptors (Lipinski definition) is 2. The molecule has 0 bridgehead atoms. The lowest BCUT2D eigenvalue weighted by atomic mass is 10.0. The van der Waals surface area contributed by atoms with Crippen molar-refractivity contribution in [3.05, 3.63) is 55.5 Å². The SMILES string of the molecule is CNC(c1cc2c(s1)CCC2)c1cc(C)c(F)cc1Cl. The van der Waals surface area contributed by atoms with Gasteiger partial charge in [-0.1, -0.05) is 11.6 Å². The lowest BCUT2D eigenvalue weighted by Gasteiger charge is -2.18. The molecule has 1 aromatic heterocycles. The van der Waals surface area contributed by atoms with Crippen LogP contribution in [0.4, 0.5) is 4.39 Å². The molecule has 4 heteroatoms. The van der Waals surface area contributed by atoms with Crippen LogP contribution in [0, 0.1) is 12.7 Å². The highest BCUT2D eigenvalue weighted by molar-refractivity contribution is 7.12. The van der Waals surface area contributed by atoms with Crippen molar-refractivity contribution < 1.29 is 4.39 Å². The van der Waals surface area contributed by atoms with Gasteiger partial charge in [0.1, 0.15) is 5.82 Å². The second kappa shape index (κ2) is 5.47. The minimum absolute atomic E-state index is 0.0393. The summed E-state index contributed by atoms with van der Waals surface area (Å²) in [7, 11) is 1.92. The number of aryl methyl sites for hydroxylation is 3. The lowest BCUT2D eigenvalue weighted by Crippen LogP contribution is -2.17. The molecule has 1 N–H and O–H groups in total. The maximum Gasteiger partial charge on any atom is 0.127 e. The Bertz CT molecular complexity index is 629. The molecule has 1 heterocycles. The van der Waals surface area contributed by atoms with Gasteiger partial charge in [-0.15, -0.1) is 11.3 Å². The van der Waals surface area contributed by atoms with E-state index in [2.05, 4.69) is 11.4 Å². The second-order valence-electron chi connectivity index (χ2n) is 5.30. The van der Waals surface area contributed by atoms with Crippen molar-refractivity contribution in [3.8, 4) is 0 Å². The van der Waals surface area contributed by atoms with E-state index in [0.717, 1.165) is 5.56 Å². The van der Waals surface area contributed by atoms with Gasteiger partial charge in [0, 0.05) is 14.8 Å². The molecule has 1 nitrogen and oxygen atoms in total. The molecule has 1 aliphatic carbocycles. The van der Waals surface area contributed by atoms with Crippen LogP contribution >= 0.6 is 22.9 Å². The first-order valence-electron chi connectivity index (χ1n) is 6.84. The molecule has 1 unspecified atom stereocenters. The fourth-order valence-corrected chi connectivity index (χ4v) is 4.49. The third-order valence-electron chi connectivity index (χ3n) is 3.93. The van der Waals surface area contributed by atoms with Crippen LogP contribution in [0.25, 0.3) is 0 Å². The molecular formula is C16H17ClFNS. The van der Waals surface area contributed by atoms with Gasteiger partial charge >= 0.3 is 0 Å². The second-order valence-corrected chi connectivity index (χ2v) is 6.87. The Balaban J connectivity index is 2.03. The van der Waals surface area contributed by atoms with E-state index >= 15 is 0 Å². The van der Waals surface area contributed by atoms with E-state index in [0.29, 0.717) is 10.6 Å². The largest absolute Gasteiger partial charge is 0.309 e. The summed E-state index contributed by atoms with van der Waals surface area (Å²) >= 11 is 8.10. The number of hydrogen-bond donors (Lipinski definition) is 1. The minimum Gasteiger partial charge on any atom is -0.309 e. The van der Waals surface area contributed by atoms with Gasteiger partial charge in [-0.2, -0.15) is 0 Å². The zero-order valence-corrected chi connectivity index (χ0v) is 13.2. The minimum atomic E-state index is -0.248. The van der Waals surface area contributed by atoms with Gasteiger partial charge in [-0.05, 0) is 68.1 Å². The lowest BCUT2D eigenvalue weighted by molar-refractivity contribution is 0.614. The number of fused-ring (bicyclic) bond motifs is 1. The number of nitrogens with one attached hydrogen (secondary N) is 1. The van der Waals surface area contributed by atoms with Crippen LogP contribution in [-0.2, 0) is 12.8 Å². The van der Waals surface area contributed by atoms with Gasteiger partial charge in [0.05, 0.1) is 6.04 Å². The van der Waals surface area contributed by atoms with Gasteiger partial charge in [0.15, 0.2) is 0 Å². The Morgan fingerprint density at radius 2 is 2.10 bits per heavy atom. The Labute approximate surface area is 127 Å². The van der Waals surface area contributed by atoms with Crippen LogP contribution < -0.4 is 5.32 Å². The fraction of sp³-hybridized carbons (Fsp3) is 0.375. The summed E-state index contributed by atoms with van der Waals surface area (Å²) in [6, 6.07) is 5.59. The Hall–Kier alpha value is -0.900. The van der Waals surface area contributed by atoms with Gasteiger partial charge < -0.3 is 5.32 Å². The van der Waals surface area contributed by atoms with E-state index in [1.165, 1.54) is 40.6 Å². The fourth-order valence-electron chi connectivity index (χ4n) is 2.85. The molecule has 0 radical (unpaired) electrons. The first-order chi connectivity index (χ1) is 9.60. The van der Waals surface area contributed by atoms with E-state index in [1.807, 2.05) is 24.5 Å². The first kappa shape index (κ1) is 14.1. The van der Waals surface area contributed by atoms with Crippen LogP contribution in [-0.4, -0.2) is 7.05 Å². The summed E-state index contributed by atoms with van der Waals surface area (Å²) < 4.78 is 13.6. The number of benzene rings is 1. The van der Waals surface area contributed by atoms with Crippen molar-refractivity contribution in [2.24, 2.45) is 0 Å². The maximum absolute atomic E-state index is 13.6. The van der Waals surface area contributed by atoms with Gasteiger partial charge in [0.2, 0.25) is 0 Å². The van der Waals surface area contributed by atoms with E-state index in [9.17, 15) is 4.39 Å². The zero-order chi connectivity index (χ0) is 14.3. The van der Waals surface area contributed by atoms with Crippen molar-refractivity contribution in [2.45, 2.75) is 32.2 Å². The van der Waals surface area contributed by atoms with Crippen molar-refractivity contribution in [1.82, 2.24) is 5.32 Å². The van der Waals surface area contributed by atoms with Gasteiger partial charge in [-0.25, -0.2) is 4.39 Å². The average molecular weight is 310 g/mol. The number of rotatable bonds is 3. The van der Waals surface area contributed by atoms with Crippen molar-refractivity contribution in [1.29, 1.82) is 0 Å². The average Bonchev–Trinajstić information content (AvgIpc) is 2.97. The smallest absolute Gasteiger partial charge is 0.127 e. The molecule has 1 atom stereocenters. The molecular weight excluding hydrogens is 293 g/mol. The van der Waals surface area contributed by atoms with E-state index in [4.69, 9.17) is 11.6 Å². The third-order valence-corrected chi connectivity index (χ3v) is 5.56. The molecule has 106 valence electrons. The monoisotopic (exact) mass is 309 g/mol. The predicted molar refractivity (Wildman–Crippen MR) is 83.4 cm³/mol. The summed E-state index contributed by atoms with van der Waals surface area (Å²) in [6.07, 6.45) is 3.63. The number of halogens is 2. The van der Waals surface area contributed by atoms with Gasteiger partial charge in [-0.3, -0.25) is 0 Å². The standard InChI is InChI=1S/C16H17ClFNS/c1-9-6-11(12(17)8-13(9)18)16(19-2)15-7-10-4-3-5-14(10)20-15/h6-8,16,19H,3-5H2,1-2H3. The Kier molecular flexibility index (Phi) is 3.85. The molecule has 0 saturated heterocycles. The maximum atomic E-state index is 13.6. The third kappa shape index (κ3) is 2.39. The first-order valence-corrected chi connectivity index (χ1v) is 8.04. The van der Waals surface area contributed by atoms with Gasteiger partial charge in [0.25, 0.3) is 0 Å². The van der Waals surface area contributed by atoms with Crippen LogP contribution in [0.5, 0.6) is 0 Å². The molecule has 1 aromatic carbocycles. The Morgan fingerprint density at radius 1 is 1.30 bits per heavy atom. The zero-order valence-electron chi connectivity index (χ0n) is 11.6. The highest BCUT2D eigenvalue weighted by Gasteiger charge is 2.22. The summed E-state index contributed by atoms with van der Waals surface area (Å²) in [5.74, 6) is -0.248. The molecule has 0 aliphatic heterocycles. The normalized spacial score (nSPS) is 15.4. The Morgan fingerprint density at radius 3 is 2.80 bits per heavy atom. The highest BCUT2D eigenvalue weighted by Crippen LogP contribution is 2.38. The van der Waals surface area contributed by atoms with E-state index in [1.54, 1.807) is 6.92 Å². The summed E-state index contributed by atoms with van der Waals surface area (Å²) in [4.78, 5) is 2.76. The molecule has 0 saturated carbocycles. The molecule has 0 spiro atoms. The molecule has 20 heavy (non-hydrogen) atoms. The van der Waals surface area contributed by atoms with E-state index < -0.39 is 0 Å². The van der Waals surface area contributed by atoms with Crippen LogP contribution in [0.2, 0.25) is 5.02 Å². The molecule has 1 aliphatic rings. The van der Waals surface area contributed by atoms with Crippen LogP contribution in [0.3, 0.4) is 0 Å². The van der Waals surface area contributed by atoms with Crippen molar-refractivity contribution in [2.75, 3.05) is 7.05 Å². The molecule has 2 aromatic rings. The summed E-state index contributed by atoms with van der Waals surface area (Å²) in [5, 5.41) is 3.80. The van der Waals surface area contributed by atoms with Crippen LogP contribution in [0.1, 0.15) is 38.9 Å². The highest BCUT2D eigenvalue weighted by atomic mass is 35.5. The number of thiophene rings is 1. The summed E-state index contributed by atoms with van der Waals surface area (Å²) in [5.41, 5.74) is 3.06. The predicted octanol–water partition coefficient (Wildman–Crippen LogP) is 4.65. The quantitative estimate of drug-likeness (QED) is 0.870. The van der Waals surface area contributed by atoms with Crippen LogP contribution in [0.15, 0.2) is 18.2 Å². The molecule has 0 amide bonds. The van der Waals surface area contributed by atoms with Crippen molar-refractivity contribution in [3.63, 3.8) is 0 Å². The van der Waals surface area contributed by atoms with Crippen molar-refractivity contribution >= 4 is 22.9 Å². The van der Waals surface area contributed by atoms with E-state index in [-0.39, 0.29) is 11.9 Å². The summed E-state index contributed by atoms with van der Waals surface area (Å²) in [6.45, 7) is 1.77.